The summed E-state index contributed by atoms with van der Waals surface area (Å²) in [6.07, 6.45) is 3.29. The van der Waals surface area contributed by atoms with Crippen LogP contribution in [-0.4, -0.2) is 23.1 Å². The normalized spacial score (nSPS) is 11.9. The number of rotatable bonds is 7. The van der Waals surface area contributed by atoms with Gasteiger partial charge < -0.3 is 9.30 Å². The molecule has 0 aliphatic carbocycles. The number of nitrogens with zero attached hydrogens (tertiary/aromatic N) is 2. The number of thiophene rings is 1. The van der Waals surface area contributed by atoms with E-state index in [-0.39, 0.29) is 18.4 Å². The molecule has 3 rings (SSSR count). The zero-order valence-electron chi connectivity index (χ0n) is 15.4. The van der Waals surface area contributed by atoms with Gasteiger partial charge in [-0.25, -0.2) is 0 Å². The molecular weight excluding hydrogens is 380 g/mol. The van der Waals surface area contributed by atoms with Crippen molar-refractivity contribution in [3.63, 3.8) is 0 Å². The van der Waals surface area contributed by atoms with Crippen LogP contribution in [0.1, 0.15) is 41.9 Å². The summed E-state index contributed by atoms with van der Waals surface area (Å²) in [7, 11) is 0. The Balaban J connectivity index is 2.05. The van der Waals surface area contributed by atoms with E-state index in [2.05, 4.69) is 24.0 Å². The molecule has 1 aromatic carbocycles. The molecule has 0 fully saturated rings. The molecule has 142 valence electrons. The van der Waals surface area contributed by atoms with Gasteiger partial charge in [0.05, 0.1) is 21.7 Å². The molecule has 2 aromatic heterocycles. The Morgan fingerprint density at radius 2 is 2.07 bits per heavy atom. The fourth-order valence-corrected chi connectivity index (χ4v) is 4.47. The number of aryl methyl sites for hydroxylation is 1. The largest absolute Gasteiger partial charge is 0.465 e. The van der Waals surface area contributed by atoms with E-state index in [1.165, 1.54) is 28.2 Å². The first-order valence-electron chi connectivity index (χ1n) is 9.02. The van der Waals surface area contributed by atoms with Crippen molar-refractivity contribution in [3.8, 4) is 0 Å². The van der Waals surface area contributed by atoms with Crippen LogP contribution < -0.4 is 4.80 Å². The first kappa shape index (κ1) is 19.5. The van der Waals surface area contributed by atoms with Crippen molar-refractivity contribution in [1.82, 2.24) is 4.57 Å². The van der Waals surface area contributed by atoms with Gasteiger partial charge in [0, 0.05) is 0 Å². The fourth-order valence-electron chi connectivity index (χ4n) is 2.77. The van der Waals surface area contributed by atoms with Crippen molar-refractivity contribution >= 4 is 44.8 Å². The predicted octanol–water partition coefficient (Wildman–Crippen LogP) is 4.41. The number of carbonyl (C=O) groups is 2. The van der Waals surface area contributed by atoms with Crippen molar-refractivity contribution < 1.29 is 14.3 Å². The molecule has 5 nitrogen and oxygen atoms in total. The van der Waals surface area contributed by atoms with E-state index in [1.807, 2.05) is 17.5 Å². The van der Waals surface area contributed by atoms with Gasteiger partial charge in [0.1, 0.15) is 6.54 Å². The third kappa shape index (κ3) is 4.73. The monoisotopic (exact) mass is 402 g/mol. The molecule has 0 saturated carbocycles. The van der Waals surface area contributed by atoms with Crippen LogP contribution in [0.2, 0.25) is 0 Å². The van der Waals surface area contributed by atoms with E-state index in [9.17, 15) is 9.59 Å². The molecular formula is C20H22N2O3S2. The minimum absolute atomic E-state index is 0.0404. The highest BCUT2D eigenvalue weighted by molar-refractivity contribution is 7.16. The number of benzene rings is 1. The molecule has 2 heterocycles. The second-order valence-electron chi connectivity index (χ2n) is 6.08. The second kappa shape index (κ2) is 9.10. The maximum atomic E-state index is 12.4. The summed E-state index contributed by atoms with van der Waals surface area (Å²) in [4.78, 5) is 29.9. The lowest BCUT2D eigenvalue weighted by Crippen LogP contribution is -2.23. The molecule has 0 N–H and O–H groups in total. The van der Waals surface area contributed by atoms with E-state index in [0.29, 0.717) is 16.3 Å². The van der Waals surface area contributed by atoms with Crippen molar-refractivity contribution in [2.24, 2.45) is 4.99 Å². The van der Waals surface area contributed by atoms with E-state index >= 15 is 0 Å². The van der Waals surface area contributed by atoms with Gasteiger partial charge in [0.25, 0.3) is 5.91 Å². The third-order valence-corrected chi connectivity index (χ3v) is 5.99. The van der Waals surface area contributed by atoms with Gasteiger partial charge in [-0.15, -0.1) is 11.3 Å². The Kier molecular flexibility index (Phi) is 6.58. The van der Waals surface area contributed by atoms with Crippen molar-refractivity contribution in [1.29, 1.82) is 0 Å². The lowest BCUT2D eigenvalue weighted by molar-refractivity contribution is -0.143. The predicted molar refractivity (Wildman–Crippen MR) is 109 cm³/mol. The van der Waals surface area contributed by atoms with Gasteiger partial charge in [0.2, 0.25) is 0 Å². The SMILES string of the molecule is CCCCc1ccc2c(c1)sc(=NC(=O)c1cccs1)n2CC(=O)OCC. The zero-order chi connectivity index (χ0) is 19.2. The topological polar surface area (TPSA) is 60.7 Å². The summed E-state index contributed by atoms with van der Waals surface area (Å²) < 4.78 is 7.88. The van der Waals surface area contributed by atoms with Gasteiger partial charge in [-0.1, -0.05) is 36.8 Å². The number of unbranched alkanes of at least 4 members (excludes halogenated alkanes) is 1. The van der Waals surface area contributed by atoms with Crippen LogP contribution in [0.5, 0.6) is 0 Å². The number of hydrogen-bond donors (Lipinski definition) is 0. The average molecular weight is 403 g/mol. The van der Waals surface area contributed by atoms with Crippen molar-refractivity contribution in [2.75, 3.05) is 6.61 Å². The molecule has 0 saturated heterocycles. The molecule has 0 spiro atoms. The van der Waals surface area contributed by atoms with Gasteiger partial charge >= 0.3 is 5.97 Å². The molecule has 27 heavy (non-hydrogen) atoms. The summed E-state index contributed by atoms with van der Waals surface area (Å²) in [6, 6.07) is 9.79. The van der Waals surface area contributed by atoms with Gasteiger partial charge in [-0.2, -0.15) is 4.99 Å². The van der Waals surface area contributed by atoms with Crippen LogP contribution in [0.15, 0.2) is 40.7 Å². The molecule has 0 aliphatic heterocycles. The van der Waals surface area contributed by atoms with E-state index in [4.69, 9.17) is 4.74 Å². The molecule has 3 aromatic rings. The number of amides is 1. The highest BCUT2D eigenvalue weighted by Crippen LogP contribution is 2.21. The Bertz CT molecular complexity index is 1000. The molecule has 0 unspecified atom stereocenters. The summed E-state index contributed by atoms with van der Waals surface area (Å²) in [5.74, 6) is -0.627. The lowest BCUT2D eigenvalue weighted by Gasteiger charge is -2.06. The molecule has 0 atom stereocenters. The molecule has 0 radical (unpaired) electrons. The van der Waals surface area contributed by atoms with Crippen LogP contribution in [0.3, 0.4) is 0 Å². The number of hydrogen-bond acceptors (Lipinski definition) is 5. The molecule has 0 bridgehead atoms. The number of thiazole rings is 1. The number of fused-ring (bicyclic) bond motifs is 1. The summed E-state index contributed by atoms with van der Waals surface area (Å²) in [5, 5.41) is 1.85. The Labute approximate surface area is 165 Å². The zero-order valence-corrected chi connectivity index (χ0v) is 17.1. The maximum absolute atomic E-state index is 12.4. The maximum Gasteiger partial charge on any atom is 0.326 e. The van der Waals surface area contributed by atoms with Gasteiger partial charge in [-0.05, 0) is 48.9 Å². The third-order valence-electron chi connectivity index (χ3n) is 4.09. The summed E-state index contributed by atoms with van der Waals surface area (Å²) in [5.41, 5.74) is 2.15. The van der Waals surface area contributed by atoms with Gasteiger partial charge in [-0.3, -0.25) is 9.59 Å². The number of carbonyl (C=O) groups excluding carboxylic acids is 2. The quantitative estimate of drug-likeness (QED) is 0.550. The van der Waals surface area contributed by atoms with Gasteiger partial charge in [0.15, 0.2) is 4.80 Å². The highest BCUT2D eigenvalue weighted by atomic mass is 32.1. The minimum atomic E-state index is -0.336. The Morgan fingerprint density at radius 3 is 2.78 bits per heavy atom. The number of ether oxygens (including phenoxy) is 1. The summed E-state index contributed by atoms with van der Waals surface area (Å²) >= 11 is 2.79. The standard InChI is InChI=1S/C20H22N2O3S2/c1-3-5-7-14-9-10-15-17(12-14)27-20(22(15)13-18(23)25-4-2)21-19(24)16-8-6-11-26-16/h6,8-12H,3-5,7,13H2,1-2H3. The van der Waals surface area contributed by atoms with Crippen LogP contribution in [0.4, 0.5) is 0 Å². The molecule has 7 heteroatoms. The van der Waals surface area contributed by atoms with Crippen LogP contribution in [0.25, 0.3) is 10.2 Å². The van der Waals surface area contributed by atoms with E-state index < -0.39 is 0 Å². The Morgan fingerprint density at radius 1 is 1.22 bits per heavy atom. The minimum Gasteiger partial charge on any atom is -0.465 e. The molecule has 1 amide bonds. The van der Waals surface area contributed by atoms with E-state index in [0.717, 1.165) is 29.5 Å². The number of esters is 1. The molecule has 0 aliphatic rings. The van der Waals surface area contributed by atoms with Crippen molar-refractivity contribution in [3.05, 3.63) is 51.0 Å². The average Bonchev–Trinajstić information content (AvgIpc) is 3.29. The lowest BCUT2D eigenvalue weighted by atomic mass is 10.1. The summed E-state index contributed by atoms with van der Waals surface area (Å²) in [6.45, 7) is 4.31. The van der Waals surface area contributed by atoms with Crippen LogP contribution in [-0.2, 0) is 22.5 Å². The van der Waals surface area contributed by atoms with Crippen molar-refractivity contribution in [2.45, 2.75) is 39.7 Å². The van der Waals surface area contributed by atoms with E-state index in [1.54, 1.807) is 17.6 Å². The Hall–Kier alpha value is -2.25. The second-order valence-corrected chi connectivity index (χ2v) is 8.03. The van der Waals surface area contributed by atoms with Crippen LogP contribution in [0, 0.1) is 0 Å². The highest BCUT2D eigenvalue weighted by Gasteiger charge is 2.13. The smallest absolute Gasteiger partial charge is 0.326 e. The number of aromatic nitrogens is 1. The first-order valence-corrected chi connectivity index (χ1v) is 10.7. The fraction of sp³-hybridized carbons (Fsp3) is 0.350. The van der Waals surface area contributed by atoms with Crippen LogP contribution >= 0.6 is 22.7 Å². The first-order chi connectivity index (χ1) is 13.1.